The second-order valence-electron chi connectivity index (χ2n) is 7.06. The summed E-state index contributed by atoms with van der Waals surface area (Å²) in [7, 11) is 0. The van der Waals surface area contributed by atoms with E-state index in [2.05, 4.69) is 15.4 Å². The number of aryl methyl sites for hydroxylation is 1. The zero-order valence-corrected chi connectivity index (χ0v) is 17.5. The number of hydrogen-bond donors (Lipinski definition) is 1. The lowest BCUT2D eigenvalue weighted by Gasteiger charge is -2.12. The van der Waals surface area contributed by atoms with Crippen molar-refractivity contribution in [2.24, 2.45) is 0 Å². The lowest BCUT2D eigenvalue weighted by Crippen LogP contribution is -2.20. The van der Waals surface area contributed by atoms with Gasteiger partial charge in [-0.05, 0) is 43.3 Å². The maximum Gasteiger partial charge on any atom is 0.417 e. The molecule has 33 heavy (non-hydrogen) atoms. The molecule has 12 heteroatoms. The second kappa shape index (κ2) is 8.47. The number of furan rings is 1. The number of hydrogen-bond acceptors (Lipinski definition) is 4. The molecule has 0 aliphatic rings. The minimum Gasteiger partial charge on any atom is -0.463 e. The number of carbonyl (C=O) groups excluding carboxylic acids is 1. The van der Waals surface area contributed by atoms with Gasteiger partial charge in [-0.1, -0.05) is 11.6 Å². The van der Waals surface area contributed by atoms with Gasteiger partial charge in [0.1, 0.15) is 12.2 Å². The van der Waals surface area contributed by atoms with Crippen LogP contribution in [0.2, 0.25) is 5.02 Å². The maximum atomic E-state index is 13.7. The number of nitrogens with one attached hydrogen (secondary N) is 1. The maximum absolute atomic E-state index is 13.7. The molecule has 172 valence electrons. The van der Waals surface area contributed by atoms with Crippen LogP contribution in [0.1, 0.15) is 23.2 Å². The molecule has 3 heterocycles. The molecule has 3 aromatic heterocycles. The van der Waals surface area contributed by atoms with Gasteiger partial charge in [0.2, 0.25) is 5.91 Å². The number of carbonyl (C=O) groups is 1. The summed E-state index contributed by atoms with van der Waals surface area (Å²) in [6.45, 7) is 1.01. The first kappa shape index (κ1) is 22.7. The van der Waals surface area contributed by atoms with E-state index in [-0.39, 0.29) is 39.4 Å². The first-order valence-electron chi connectivity index (χ1n) is 9.41. The number of anilines is 1. The smallest absolute Gasteiger partial charge is 0.417 e. The predicted octanol–water partition coefficient (Wildman–Crippen LogP) is 6.25. The van der Waals surface area contributed by atoms with Crippen LogP contribution in [0.3, 0.4) is 0 Å². The number of amides is 1. The molecule has 1 aromatic carbocycles. The highest BCUT2D eigenvalue weighted by molar-refractivity contribution is 6.31. The molecule has 1 N–H and O–H groups in total. The summed E-state index contributed by atoms with van der Waals surface area (Å²) in [6.07, 6.45) is -6.19. The Bertz CT molecular complexity index is 1330. The second-order valence-corrected chi connectivity index (χ2v) is 7.46. The highest BCUT2D eigenvalue weighted by Crippen LogP contribution is 2.36. The zero-order valence-electron chi connectivity index (χ0n) is 16.8. The van der Waals surface area contributed by atoms with Gasteiger partial charge >= 0.3 is 6.18 Å². The number of rotatable bonds is 5. The summed E-state index contributed by atoms with van der Waals surface area (Å²) in [6, 6.07) is 7.23. The van der Waals surface area contributed by atoms with Crippen molar-refractivity contribution in [3.8, 4) is 11.5 Å². The van der Waals surface area contributed by atoms with E-state index in [1.807, 2.05) is 0 Å². The van der Waals surface area contributed by atoms with Crippen molar-refractivity contribution in [3.05, 3.63) is 64.5 Å². The van der Waals surface area contributed by atoms with E-state index < -0.39 is 35.6 Å². The van der Waals surface area contributed by atoms with E-state index in [9.17, 15) is 26.7 Å². The standard InChI is InChI=1S/C21H14ClF5N4O2/c1-10-18-12(19(23)24)8-15(16-3-2-6-33-16)29-20(18)31(30-10)9-17(32)28-11-4-5-14(22)13(7-11)21(25,26)27/h2-8,19H,9H2,1H3,(H,28,32). The van der Waals surface area contributed by atoms with E-state index in [0.29, 0.717) is 6.07 Å². The summed E-state index contributed by atoms with van der Waals surface area (Å²) in [5.41, 5.74) is -1.22. The van der Waals surface area contributed by atoms with Crippen molar-refractivity contribution < 1.29 is 31.2 Å². The topological polar surface area (TPSA) is 73.0 Å². The summed E-state index contributed by atoms with van der Waals surface area (Å²) >= 11 is 5.59. The Kier molecular flexibility index (Phi) is 5.83. The lowest BCUT2D eigenvalue weighted by molar-refractivity contribution is -0.137. The third-order valence-corrected chi connectivity index (χ3v) is 5.10. The van der Waals surface area contributed by atoms with E-state index in [4.69, 9.17) is 16.0 Å². The Morgan fingerprint density at radius 1 is 1.24 bits per heavy atom. The number of aromatic nitrogens is 3. The van der Waals surface area contributed by atoms with Crippen LogP contribution in [-0.4, -0.2) is 20.7 Å². The Hall–Kier alpha value is -3.47. The zero-order chi connectivity index (χ0) is 23.9. The Balaban J connectivity index is 1.69. The molecule has 0 unspecified atom stereocenters. The van der Waals surface area contributed by atoms with Crippen molar-refractivity contribution in [1.29, 1.82) is 0 Å². The summed E-state index contributed by atoms with van der Waals surface area (Å²) in [4.78, 5) is 16.9. The fourth-order valence-electron chi connectivity index (χ4n) is 3.38. The van der Waals surface area contributed by atoms with Crippen molar-refractivity contribution in [3.63, 3.8) is 0 Å². The fraction of sp³-hybridized carbons (Fsp3) is 0.190. The molecule has 0 radical (unpaired) electrons. The molecule has 1 amide bonds. The molecule has 0 fully saturated rings. The average molecular weight is 485 g/mol. The van der Waals surface area contributed by atoms with Gasteiger partial charge in [0.15, 0.2) is 11.4 Å². The molecule has 0 saturated heterocycles. The van der Waals surface area contributed by atoms with Crippen LogP contribution < -0.4 is 5.32 Å². The van der Waals surface area contributed by atoms with E-state index in [1.165, 1.54) is 25.3 Å². The van der Waals surface area contributed by atoms with E-state index >= 15 is 0 Å². The summed E-state index contributed by atoms with van der Waals surface area (Å²) in [5, 5.41) is 6.04. The van der Waals surface area contributed by atoms with Crippen LogP contribution in [0.5, 0.6) is 0 Å². The molecule has 4 rings (SSSR count). The first-order chi connectivity index (χ1) is 15.5. The number of benzene rings is 1. The SMILES string of the molecule is Cc1nn(CC(=O)Nc2ccc(Cl)c(C(F)(F)F)c2)c2nc(-c3ccco3)cc(C(F)F)c12. The number of pyridine rings is 1. The van der Waals surface area contributed by atoms with Crippen LogP contribution in [0, 0.1) is 6.92 Å². The quantitative estimate of drug-likeness (QED) is 0.340. The van der Waals surface area contributed by atoms with Crippen LogP contribution in [-0.2, 0) is 17.5 Å². The lowest BCUT2D eigenvalue weighted by atomic mass is 10.1. The minimum absolute atomic E-state index is 0.0129. The Morgan fingerprint density at radius 3 is 2.64 bits per heavy atom. The summed E-state index contributed by atoms with van der Waals surface area (Å²) < 4.78 is 73.0. The first-order valence-corrected chi connectivity index (χ1v) is 9.79. The van der Waals surface area contributed by atoms with Gasteiger partial charge in [0, 0.05) is 11.3 Å². The van der Waals surface area contributed by atoms with Crippen LogP contribution in [0.4, 0.5) is 27.6 Å². The molecule has 0 spiro atoms. The van der Waals surface area contributed by atoms with Crippen molar-refractivity contribution in [1.82, 2.24) is 14.8 Å². The predicted molar refractivity (Wildman–Crippen MR) is 110 cm³/mol. The molecule has 4 aromatic rings. The number of nitrogens with zero attached hydrogens (tertiary/aromatic N) is 3. The third kappa shape index (κ3) is 4.54. The Morgan fingerprint density at radius 2 is 2.00 bits per heavy atom. The largest absolute Gasteiger partial charge is 0.463 e. The van der Waals surface area contributed by atoms with Gasteiger partial charge < -0.3 is 9.73 Å². The molecule has 6 nitrogen and oxygen atoms in total. The van der Waals surface area contributed by atoms with Gasteiger partial charge in [-0.2, -0.15) is 18.3 Å². The molecule has 0 aliphatic carbocycles. The summed E-state index contributed by atoms with van der Waals surface area (Å²) in [5.74, 6) is -0.492. The highest BCUT2D eigenvalue weighted by Gasteiger charge is 2.33. The van der Waals surface area contributed by atoms with Crippen LogP contribution in [0.15, 0.2) is 47.1 Å². The normalized spacial score (nSPS) is 12.0. The van der Waals surface area contributed by atoms with E-state index in [1.54, 1.807) is 12.1 Å². The number of halogens is 6. The van der Waals surface area contributed by atoms with E-state index in [0.717, 1.165) is 10.7 Å². The van der Waals surface area contributed by atoms with Gasteiger partial charge in [0.05, 0.1) is 27.9 Å². The highest BCUT2D eigenvalue weighted by atomic mass is 35.5. The average Bonchev–Trinajstić information content (AvgIpc) is 3.37. The number of alkyl halides is 5. The fourth-order valence-corrected chi connectivity index (χ4v) is 3.60. The molecular weight excluding hydrogens is 471 g/mol. The van der Waals surface area contributed by atoms with Crippen LogP contribution >= 0.6 is 11.6 Å². The van der Waals surface area contributed by atoms with Gasteiger partial charge in [0.25, 0.3) is 6.43 Å². The minimum atomic E-state index is -4.70. The van der Waals surface area contributed by atoms with Gasteiger partial charge in [-0.3, -0.25) is 4.79 Å². The van der Waals surface area contributed by atoms with Crippen molar-refractivity contribution >= 4 is 34.2 Å². The van der Waals surface area contributed by atoms with Crippen LogP contribution in [0.25, 0.3) is 22.5 Å². The molecule has 0 atom stereocenters. The third-order valence-electron chi connectivity index (χ3n) is 4.77. The van der Waals surface area contributed by atoms with Crippen molar-refractivity contribution in [2.75, 3.05) is 5.32 Å². The Labute approximate surface area is 188 Å². The number of fused-ring (bicyclic) bond motifs is 1. The molecular formula is C21H14ClF5N4O2. The van der Waals surface area contributed by atoms with Gasteiger partial charge in [-0.15, -0.1) is 0 Å². The molecule has 0 aliphatic heterocycles. The molecule has 0 bridgehead atoms. The molecule has 0 saturated carbocycles. The monoisotopic (exact) mass is 484 g/mol. The van der Waals surface area contributed by atoms with Crippen molar-refractivity contribution in [2.45, 2.75) is 26.1 Å². The van der Waals surface area contributed by atoms with Gasteiger partial charge in [-0.25, -0.2) is 18.4 Å².